The zero-order valence-electron chi connectivity index (χ0n) is 2.95. The minimum Gasteiger partial charge on any atom is -0.512 e. The van der Waals surface area contributed by atoms with E-state index in [1.165, 1.54) is 0 Å². The Hall–Kier alpha value is 1.13. The fourth-order valence-electron chi connectivity index (χ4n) is 0. The molecular formula is C2H3KN-. The van der Waals surface area contributed by atoms with Gasteiger partial charge in [-0.1, -0.05) is 0 Å². The molecule has 18 valence electrons. The van der Waals surface area contributed by atoms with Gasteiger partial charge in [0.25, 0.3) is 0 Å². The van der Waals surface area contributed by atoms with E-state index in [0.29, 0.717) is 0 Å². The third-order valence-electron chi connectivity index (χ3n) is 0. The third kappa shape index (κ3) is 11.1. The average molecular weight is 80.2 g/mol. The number of rotatable bonds is 0. The minimum absolute atomic E-state index is 0. The molecule has 0 radical (unpaired) electrons. The first-order valence-corrected chi connectivity index (χ1v) is 0.224. The van der Waals surface area contributed by atoms with Gasteiger partial charge >= 0.3 is 51.4 Å². The molecule has 4 heavy (non-hydrogen) atoms. The summed E-state index contributed by atoms with van der Waals surface area (Å²) in [5, 5.41) is 6.25. The monoisotopic (exact) mass is 80.0 g/mol. The van der Waals surface area contributed by atoms with Gasteiger partial charge in [0.15, 0.2) is 0 Å². The van der Waals surface area contributed by atoms with Crippen molar-refractivity contribution in [3.63, 3.8) is 0 Å². The molecule has 0 aromatic heterocycles. The van der Waals surface area contributed by atoms with Crippen molar-refractivity contribution in [1.29, 1.82) is 5.26 Å². The van der Waals surface area contributed by atoms with Gasteiger partial charge in [0.2, 0.25) is 0 Å². The van der Waals surface area contributed by atoms with Crippen LogP contribution < -0.4 is 51.4 Å². The van der Waals surface area contributed by atoms with Gasteiger partial charge in [-0.2, -0.15) is 0 Å². The summed E-state index contributed by atoms with van der Waals surface area (Å²) >= 11 is 0. The van der Waals surface area contributed by atoms with Crippen LogP contribution in [0.4, 0.5) is 0 Å². The number of nitrogens with zero attached hydrogens (tertiary/aromatic N) is 1. The molecule has 0 saturated carbocycles. The molecule has 0 aliphatic heterocycles. The minimum atomic E-state index is 0. The van der Waals surface area contributed by atoms with Crippen molar-refractivity contribution < 1.29 is 51.4 Å². The molecular weight excluding hydrogens is 77.1 g/mol. The van der Waals surface area contributed by atoms with Crippen molar-refractivity contribution in [2.24, 2.45) is 0 Å². The van der Waals surface area contributed by atoms with Crippen molar-refractivity contribution in [3.8, 4) is 0 Å². The maximum atomic E-state index is 6.25. The maximum absolute atomic E-state index is 6.25. The molecule has 0 fully saturated rings. The molecule has 0 saturated heterocycles. The Morgan fingerprint density at radius 3 is 1.25 bits per heavy atom. The molecule has 0 rings (SSSR count). The van der Waals surface area contributed by atoms with Gasteiger partial charge in [-0.3, -0.25) is 0 Å². The van der Waals surface area contributed by atoms with Gasteiger partial charge < -0.3 is 19.3 Å². The van der Waals surface area contributed by atoms with Gasteiger partial charge in [0.1, 0.15) is 0 Å². The average Bonchev–Trinajstić information content (AvgIpc) is 1.00. The van der Waals surface area contributed by atoms with E-state index in [-0.39, 0.29) is 58.8 Å². The van der Waals surface area contributed by atoms with E-state index in [0.717, 1.165) is 0 Å². The zero-order chi connectivity index (χ0) is 2.00. The smallest absolute Gasteiger partial charge is 0.512 e. The molecule has 0 aromatic carbocycles. The van der Waals surface area contributed by atoms with E-state index in [1.54, 1.807) is 0 Å². The molecule has 1 nitrogen and oxygen atoms in total. The van der Waals surface area contributed by atoms with Crippen LogP contribution in [0.3, 0.4) is 0 Å². The third-order valence-corrected chi connectivity index (χ3v) is 0. The van der Waals surface area contributed by atoms with Crippen LogP contribution in [0, 0.1) is 19.3 Å². The first-order valence-electron chi connectivity index (χ1n) is 0.224. The number of hydrogen-bond donors (Lipinski definition) is 0. The first-order chi connectivity index (χ1) is 1.00. The van der Waals surface area contributed by atoms with Crippen LogP contribution in [0.2, 0.25) is 0 Å². The summed E-state index contributed by atoms with van der Waals surface area (Å²) in [5.74, 6) is 0. The summed E-state index contributed by atoms with van der Waals surface area (Å²) in [5.41, 5.74) is 0. The van der Waals surface area contributed by atoms with Crippen molar-refractivity contribution in [2.75, 3.05) is 0 Å². The second kappa shape index (κ2) is 31.8. The van der Waals surface area contributed by atoms with Gasteiger partial charge in [0.05, 0.1) is 0 Å². The largest absolute Gasteiger partial charge is 1.00 e. The Morgan fingerprint density at radius 1 is 1.25 bits per heavy atom. The van der Waals surface area contributed by atoms with Crippen LogP contribution in [-0.4, -0.2) is 0 Å². The van der Waals surface area contributed by atoms with E-state index < -0.39 is 0 Å². The summed E-state index contributed by atoms with van der Waals surface area (Å²) in [6, 6.07) is 0. The van der Waals surface area contributed by atoms with Gasteiger partial charge in [0, 0.05) is 0 Å². The Bertz CT molecular complexity index is 10.8. The fraction of sp³-hybridized carbons (Fsp3) is 0. The molecule has 0 bridgehead atoms. The standard InChI is InChI=1S/CN.CH3.K/c1-2;;/h;1H3;/q2*-1;+1. The summed E-state index contributed by atoms with van der Waals surface area (Å²) < 4.78 is 0. The summed E-state index contributed by atoms with van der Waals surface area (Å²) in [6.07, 6.45) is 0. The van der Waals surface area contributed by atoms with Crippen LogP contribution in [0.1, 0.15) is 0 Å². The molecule has 0 N–H and O–H groups in total. The Labute approximate surface area is 69.4 Å². The molecule has 0 unspecified atom stereocenters. The van der Waals surface area contributed by atoms with Crippen molar-refractivity contribution >= 4 is 0 Å². The Morgan fingerprint density at radius 2 is 1.25 bits per heavy atom. The molecule has 2 heteroatoms. The van der Waals surface area contributed by atoms with Crippen molar-refractivity contribution in [1.82, 2.24) is 0 Å². The van der Waals surface area contributed by atoms with Crippen LogP contribution in [0.25, 0.3) is 0 Å². The van der Waals surface area contributed by atoms with E-state index in [1.807, 2.05) is 0 Å². The topological polar surface area (TPSA) is 23.8 Å². The number of hydrogen-bond acceptors (Lipinski definition) is 1. The summed E-state index contributed by atoms with van der Waals surface area (Å²) in [7, 11) is 0. The zero-order valence-corrected chi connectivity index (χ0v) is 6.07. The molecule has 0 heterocycles. The van der Waals surface area contributed by atoms with Crippen LogP contribution in [0.15, 0.2) is 0 Å². The second-order valence-electron chi connectivity index (χ2n) is 0. The molecule has 0 amide bonds. The normalized spacial score (nSPS) is 0.500. The van der Waals surface area contributed by atoms with E-state index >= 15 is 0 Å². The van der Waals surface area contributed by atoms with Crippen LogP contribution >= 0.6 is 0 Å². The molecule has 0 atom stereocenters. The fourth-order valence-corrected chi connectivity index (χ4v) is 0. The van der Waals surface area contributed by atoms with E-state index in [2.05, 4.69) is 0 Å². The molecule has 0 aromatic rings. The Balaban J connectivity index is -0.00000000500. The van der Waals surface area contributed by atoms with Gasteiger partial charge in [-0.25, -0.2) is 0 Å². The van der Waals surface area contributed by atoms with Crippen molar-refractivity contribution in [3.05, 3.63) is 14.0 Å². The summed E-state index contributed by atoms with van der Waals surface area (Å²) in [4.78, 5) is 0. The van der Waals surface area contributed by atoms with Crippen LogP contribution in [0.5, 0.6) is 0 Å². The van der Waals surface area contributed by atoms with E-state index in [4.69, 9.17) is 11.8 Å². The maximum Gasteiger partial charge on any atom is 1.00 e. The summed E-state index contributed by atoms with van der Waals surface area (Å²) in [6.45, 7) is 4.75. The van der Waals surface area contributed by atoms with Crippen LogP contribution in [-0.2, 0) is 0 Å². The molecule has 0 spiro atoms. The van der Waals surface area contributed by atoms with Gasteiger partial charge in [-0.05, 0) is 0 Å². The predicted octanol–water partition coefficient (Wildman–Crippen LogP) is -2.45. The van der Waals surface area contributed by atoms with Crippen molar-refractivity contribution in [2.45, 2.75) is 0 Å². The predicted molar refractivity (Wildman–Crippen MR) is 11.4 cm³/mol. The quantitative estimate of drug-likeness (QED) is 0.234. The molecule has 0 aliphatic rings. The first kappa shape index (κ1) is 19.3. The van der Waals surface area contributed by atoms with E-state index in [9.17, 15) is 0 Å². The SMILES string of the molecule is [C-]#N.[CH3-].[K+]. The van der Waals surface area contributed by atoms with Gasteiger partial charge in [-0.15, -0.1) is 0 Å². The molecule has 0 aliphatic carbocycles. The Kier molecular flexibility index (Phi) is 153. The second-order valence-corrected chi connectivity index (χ2v) is 0.